The van der Waals surface area contributed by atoms with Crippen molar-refractivity contribution in [3.05, 3.63) is 56.2 Å². The second-order valence-electron chi connectivity index (χ2n) is 10.5. The first kappa shape index (κ1) is 25.5. The predicted molar refractivity (Wildman–Crippen MR) is 142 cm³/mol. The second-order valence-corrected chi connectivity index (χ2v) is 12.2. The van der Waals surface area contributed by atoms with Crippen LogP contribution in [-0.2, 0) is 6.54 Å². The monoisotopic (exact) mass is 508 g/mol. The molecular formula is C27H38Cl2N2OS. The highest BCUT2D eigenvalue weighted by Gasteiger charge is 2.36. The van der Waals surface area contributed by atoms with E-state index in [9.17, 15) is 5.11 Å². The highest BCUT2D eigenvalue weighted by Crippen LogP contribution is 2.37. The summed E-state index contributed by atoms with van der Waals surface area (Å²) in [7, 11) is 0. The van der Waals surface area contributed by atoms with Crippen LogP contribution < -0.4 is 0 Å². The summed E-state index contributed by atoms with van der Waals surface area (Å²) in [5.74, 6) is 1.86. The summed E-state index contributed by atoms with van der Waals surface area (Å²) >= 11 is 14.4. The zero-order valence-corrected chi connectivity index (χ0v) is 22.3. The number of piperidine rings is 1. The van der Waals surface area contributed by atoms with Crippen molar-refractivity contribution in [2.45, 2.75) is 64.0 Å². The molecule has 0 bridgehead atoms. The van der Waals surface area contributed by atoms with E-state index in [1.165, 1.54) is 18.4 Å². The van der Waals surface area contributed by atoms with Gasteiger partial charge in [0.2, 0.25) is 0 Å². The van der Waals surface area contributed by atoms with Crippen LogP contribution in [0.25, 0.3) is 0 Å². The SMILES string of the molecule is CCC[C@](C)(O)CC1CCN(CC2CN(Cc3ccc(Cl)cc3Cl)CC2c2ccsc2)CC1. The molecule has 0 spiro atoms. The fraction of sp³-hybridized carbons (Fsp3) is 0.630. The molecule has 0 radical (unpaired) electrons. The first-order valence-corrected chi connectivity index (χ1v) is 14.2. The number of hydrogen-bond donors (Lipinski definition) is 1. The third-order valence-electron chi connectivity index (χ3n) is 7.61. The molecule has 182 valence electrons. The summed E-state index contributed by atoms with van der Waals surface area (Å²) in [5.41, 5.74) is 2.14. The molecule has 1 aromatic heterocycles. The third kappa shape index (κ3) is 6.96. The molecule has 6 heteroatoms. The maximum atomic E-state index is 10.7. The van der Waals surface area contributed by atoms with Gasteiger partial charge < -0.3 is 10.0 Å². The molecule has 0 amide bonds. The molecule has 2 aliphatic rings. The smallest absolute Gasteiger partial charge is 0.0622 e. The molecular weight excluding hydrogens is 471 g/mol. The normalized spacial score (nSPS) is 24.9. The van der Waals surface area contributed by atoms with Crippen molar-refractivity contribution in [3.8, 4) is 0 Å². The lowest BCUT2D eigenvalue weighted by atomic mass is 9.83. The van der Waals surface area contributed by atoms with Crippen molar-refractivity contribution in [2.75, 3.05) is 32.7 Å². The van der Waals surface area contributed by atoms with Crippen LogP contribution >= 0.6 is 34.5 Å². The molecule has 2 unspecified atom stereocenters. The fourth-order valence-corrected chi connectivity index (χ4v) is 7.19. The summed E-state index contributed by atoms with van der Waals surface area (Å²) < 4.78 is 0. The summed E-state index contributed by atoms with van der Waals surface area (Å²) in [4.78, 5) is 5.24. The molecule has 2 aromatic rings. The van der Waals surface area contributed by atoms with Gasteiger partial charge in [0, 0.05) is 42.1 Å². The summed E-state index contributed by atoms with van der Waals surface area (Å²) in [5, 5.41) is 16.6. The van der Waals surface area contributed by atoms with E-state index in [-0.39, 0.29) is 0 Å². The van der Waals surface area contributed by atoms with Crippen LogP contribution in [-0.4, -0.2) is 53.2 Å². The van der Waals surface area contributed by atoms with Crippen LogP contribution in [0, 0.1) is 11.8 Å². The minimum Gasteiger partial charge on any atom is -0.390 e. The molecule has 1 N–H and O–H groups in total. The topological polar surface area (TPSA) is 26.7 Å². The van der Waals surface area contributed by atoms with E-state index in [1.54, 1.807) is 11.3 Å². The quantitative estimate of drug-likeness (QED) is 0.397. The maximum Gasteiger partial charge on any atom is 0.0622 e. The zero-order chi connectivity index (χ0) is 23.4. The van der Waals surface area contributed by atoms with Gasteiger partial charge in [-0.05, 0) is 97.6 Å². The Bertz CT molecular complexity index is 880. The number of likely N-dealkylation sites (tertiary alicyclic amines) is 2. The Morgan fingerprint density at radius 2 is 1.91 bits per heavy atom. The number of benzene rings is 1. The highest BCUT2D eigenvalue weighted by atomic mass is 35.5. The zero-order valence-electron chi connectivity index (χ0n) is 20.0. The fourth-order valence-electron chi connectivity index (χ4n) is 6.00. The van der Waals surface area contributed by atoms with Crippen LogP contribution in [0.5, 0.6) is 0 Å². The van der Waals surface area contributed by atoms with Gasteiger partial charge in [-0.15, -0.1) is 0 Å². The van der Waals surface area contributed by atoms with Crippen LogP contribution in [0.3, 0.4) is 0 Å². The Morgan fingerprint density at radius 3 is 2.58 bits per heavy atom. The van der Waals surface area contributed by atoms with E-state index >= 15 is 0 Å². The molecule has 4 rings (SSSR count). The van der Waals surface area contributed by atoms with Crippen molar-refractivity contribution >= 4 is 34.5 Å². The van der Waals surface area contributed by atoms with Crippen LogP contribution in [0.4, 0.5) is 0 Å². The summed E-state index contributed by atoms with van der Waals surface area (Å²) in [6, 6.07) is 8.16. The third-order valence-corrected chi connectivity index (χ3v) is 8.90. The number of halogens is 2. The molecule has 0 aliphatic carbocycles. The van der Waals surface area contributed by atoms with E-state index in [0.29, 0.717) is 22.8 Å². The van der Waals surface area contributed by atoms with E-state index in [0.717, 1.165) is 69.1 Å². The molecule has 2 aliphatic heterocycles. The lowest BCUT2D eigenvalue weighted by molar-refractivity contribution is 0.0121. The number of hydrogen-bond acceptors (Lipinski definition) is 4. The highest BCUT2D eigenvalue weighted by molar-refractivity contribution is 7.08. The van der Waals surface area contributed by atoms with Gasteiger partial charge in [0.15, 0.2) is 0 Å². The standard InChI is InChI=1S/C27H38Cl2N2OS/c1-3-9-27(2,32)14-20-6-10-30(11-7-20)16-23-17-31(18-25(23)22-8-12-33-19-22)15-21-4-5-24(28)13-26(21)29/h4-5,8,12-13,19-20,23,25,32H,3,6-7,9-11,14-18H2,1-2H3/t23?,25?,27-/m0/s1. The molecule has 0 saturated carbocycles. The van der Waals surface area contributed by atoms with Crippen molar-refractivity contribution in [1.82, 2.24) is 9.80 Å². The van der Waals surface area contributed by atoms with Gasteiger partial charge in [-0.3, -0.25) is 4.90 Å². The van der Waals surface area contributed by atoms with Crippen molar-refractivity contribution in [1.29, 1.82) is 0 Å². The van der Waals surface area contributed by atoms with E-state index in [1.807, 2.05) is 19.1 Å². The van der Waals surface area contributed by atoms with Gasteiger partial charge in [0.05, 0.1) is 5.60 Å². The molecule has 2 fully saturated rings. The van der Waals surface area contributed by atoms with Crippen molar-refractivity contribution in [3.63, 3.8) is 0 Å². The molecule has 2 saturated heterocycles. The molecule has 3 heterocycles. The Kier molecular flexibility index (Phi) is 8.81. The van der Waals surface area contributed by atoms with Gasteiger partial charge in [-0.25, -0.2) is 0 Å². The van der Waals surface area contributed by atoms with Gasteiger partial charge in [-0.1, -0.05) is 42.6 Å². The number of nitrogens with zero attached hydrogens (tertiary/aromatic N) is 2. The number of thiophene rings is 1. The molecule has 1 aromatic carbocycles. The summed E-state index contributed by atoms with van der Waals surface area (Å²) in [6.07, 6.45) is 5.32. The van der Waals surface area contributed by atoms with Gasteiger partial charge in [-0.2, -0.15) is 11.3 Å². The minimum atomic E-state index is -0.499. The predicted octanol–water partition coefficient (Wildman–Crippen LogP) is 6.92. The summed E-state index contributed by atoms with van der Waals surface area (Å²) in [6.45, 7) is 10.7. The Morgan fingerprint density at radius 1 is 1.12 bits per heavy atom. The van der Waals surface area contributed by atoms with Crippen molar-refractivity contribution < 1.29 is 5.11 Å². The molecule has 3 atom stereocenters. The van der Waals surface area contributed by atoms with Gasteiger partial charge in [0.1, 0.15) is 0 Å². The maximum absolute atomic E-state index is 10.7. The Balaban J connectivity index is 1.35. The number of aliphatic hydroxyl groups is 1. The van der Waals surface area contributed by atoms with E-state index < -0.39 is 5.60 Å². The van der Waals surface area contributed by atoms with Gasteiger partial charge >= 0.3 is 0 Å². The average molecular weight is 510 g/mol. The first-order valence-electron chi connectivity index (χ1n) is 12.5. The number of rotatable bonds is 9. The Hall–Kier alpha value is -0.620. The van der Waals surface area contributed by atoms with Crippen LogP contribution in [0.1, 0.15) is 63.0 Å². The minimum absolute atomic E-state index is 0.499. The van der Waals surface area contributed by atoms with Gasteiger partial charge in [0.25, 0.3) is 0 Å². The lowest BCUT2D eigenvalue weighted by Crippen LogP contribution is -2.40. The lowest BCUT2D eigenvalue weighted by Gasteiger charge is -2.37. The Labute approximate surface area is 213 Å². The largest absolute Gasteiger partial charge is 0.390 e. The van der Waals surface area contributed by atoms with Crippen LogP contribution in [0.2, 0.25) is 10.0 Å². The average Bonchev–Trinajstić information content (AvgIpc) is 3.41. The second kappa shape index (κ2) is 11.4. The van der Waals surface area contributed by atoms with Crippen LogP contribution in [0.15, 0.2) is 35.0 Å². The molecule has 3 nitrogen and oxygen atoms in total. The first-order chi connectivity index (χ1) is 15.8. The van der Waals surface area contributed by atoms with E-state index in [4.69, 9.17) is 23.2 Å². The van der Waals surface area contributed by atoms with E-state index in [2.05, 4.69) is 39.6 Å². The van der Waals surface area contributed by atoms with Crippen molar-refractivity contribution in [2.24, 2.45) is 11.8 Å². The molecule has 33 heavy (non-hydrogen) atoms.